The molecular weight excluding hydrogens is 286 g/mol. The number of nitrogens with zero attached hydrogens (tertiary/aromatic N) is 3. The summed E-state index contributed by atoms with van der Waals surface area (Å²) < 4.78 is 27.2. The topological polar surface area (TPSA) is 55.2 Å². The van der Waals surface area contributed by atoms with Crippen LogP contribution in [0.15, 0.2) is 12.3 Å². The molecule has 1 aromatic heterocycles. The monoisotopic (exact) mass is 317 g/mol. The van der Waals surface area contributed by atoms with E-state index in [0.717, 1.165) is 5.69 Å². The molecule has 6 heteroatoms. The first-order chi connectivity index (χ1) is 8.83. The number of hydrogen-bond acceptors (Lipinski definition) is 3. The van der Waals surface area contributed by atoms with Gasteiger partial charge in [-0.15, -0.1) is 0 Å². The zero-order chi connectivity index (χ0) is 15.8. The smallest absolute Gasteiger partial charge is 0.211 e. The predicted molar refractivity (Wildman–Crippen MR) is 89.0 cm³/mol. The summed E-state index contributed by atoms with van der Waals surface area (Å²) in [4.78, 5) is 0. The Kier molecular flexibility index (Phi) is 6.21. The third-order valence-corrected chi connectivity index (χ3v) is 4.68. The van der Waals surface area contributed by atoms with E-state index in [1.54, 1.807) is 6.20 Å². The maximum Gasteiger partial charge on any atom is 0.211 e. The lowest BCUT2D eigenvalue weighted by Gasteiger charge is -2.33. The minimum Gasteiger partial charge on any atom is -0.268 e. The van der Waals surface area contributed by atoms with E-state index in [0.29, 0.717) is 13.1 Å². The summed E-state index contributed by atoms with van der Waals surface area (Å²) in [7, 11) is -3.23. The summed E-state index contributed by atoms with van der Waals surface area (Å²) in [6, 6.07) is 1.99. The van der Waals surface area contributed by atoms with Crippen molar-refractivity contribution < 1.29 is 8.42 Å². The summed E-state index contributed by atoms with van der Waals surface area (Å²) >= 11 is 0. The van der Waals surface area contributed by atoms with Gasteiger partial charge in [0.05, 0.1) is 12.8 Å². The minimum atomic E-state index is -3.23. The van der Waals surface area contributed by atoms with E-state index in [1.165, 1.54) is 10.6 Å². The molecule has 0 N–H and O–H groups in total. The van der Waals surface area contributed by atoms with Gasteiger partial charge in [-0.25, -0.2) is 8.42 Å². The van der Waals surface area contributed by atoms with Crippen LogP contribution in [0.4, 0.5) is 0 Å². The average molecular weight is 317 g/mol. The van der Waals surface area contributed by atoms with Crippen LogP contribution in [0, 0.1) is 0 Å². The summed E-state index contributed by atoms with van der Waals surface area (Å²) in [5.41, 5.74) is 0.677. The van der Waals surface area contributed by atoms with Crippen molar-refractivity contribution in [3.05, 3.63) is 18.0 Å². The van der Waals surface area contributed by atoms with Crippen LogP contribution >= 0.6 is 0 Å². The van der Waals surface area contributed by atoms with E-state index in [-0.39, 0.29) is 12.8 Å². The lowest BCUT2D eigenvalue weighted by molar-refractivity contribution is 0.238. The highest BCUT2D eigenvalue weighted by Gasteiger charge is 2.29. The van der Waals surface area contributed by atoms with E-state index < -0.39 is 15.6 Å². The SMILES string of the molecule is C.CC(C)(C)c1ccnn1CCN(C(C)(C)C)S(C)(=O)=O. The fourth-order valence-electron chi connectivity index (χ4n) is 2.33. The summed E-state index contributed by atoms with van der Waals surface area (Å²) in [6.07, 6.45) is 3.02. The molecule has 0 aliphatic carbocycles. The molecule has 0 fully saturated rings. The van der Waals surface area contributed by atoms with Crippen molar-refractivity contribution in [2.45, 2.75) is 66.5 Å². The highest BCUT2D eigenvalue weighted by molar-refractivity contribution is 7.88. The van der Waals surface area contributed by atoms with Crippen LogP contribution in [0.3, 0.4) is 0 Å². The number of sulfonamides is 1. The number of rotatable bonds is 4. The second kappa shape index (κ2) is 6.48. The lowest BCUT2D eigenvalue weighted by Crippen LogP contribution is -2.46. The van der Waals surface area contributed by atoms with Crippen LogP contribution in [0.2, 0.25) is 0 Å². The van der Waals surface area contributed by atoms with Crippen LogP contribution in [0.1, 0.15) is 54.7 Å². The Labute approximate surface area is 130 Å². The van der Waals surface area contributed by atoms with Crippen molar-refractivity contribution >= 4 is 10.0 Å². The van der Waals surface area contributed by atoms with Gasteiger partial charge in [0, 0.05) is 29.4 Å². The van der Waals surface area contributed by atoms with E-state index in [9.17, 15) is 8.42 Å². The van der Waals surface area contributed by atoms with Crippen molar-refractivity contribution in [2.24, 2.45) is 0 Å². The van der Waals surface area contributed by atoms with Crippen LogP contribution < -0.4 is 0 Å². The van der Waals surface area contributed by atoms with E-state index in [1.807, 2.05) is 31.5 Å². The third-order valence-electron chi connectivity index (χ3n) is 3.15. The average Bonchev–Trinajstić information content (AvgIpc) is 2.60. The standard InChI is InChI=1S/C14H27N3O2S.CH4/c1-13(2,3)12-8-9-15-16(12)10-11-17(14(4,5)6)20(7,18)19;/h8-9H,10-11H2,1-7H3;1H4. The van der Waals surface area contributed by atoms with E-state index in [4.69, 9.17) is 0 Å². The van der Waals surface area contributed by atoms with Crippen LogP contribution in [-0.2, 0) is 22.0 Å². The Morgan fingerprint density at radius 1 is 1.19 bits per heavy atom. The molecule has 5 nitrogen and oxygen atoms in total. The largest absolute Gasteiger partial charge is 0.268 e. The van der Waals surface area contributed by atoms with Crippen LogP contribution in [-0.4, -0.2) is 40.8 Å². The highest BCUT2D eigenvalue weighted by atomic mass is 32.2. The van der Waals surface area contributed by atoms with Gasteiger partial charge < -0.3 is 0 Å². The summed E-state index contributed by atoms with van der Waals surface area (Å²) in [5.74, 6) is 0. The molecular formula is C15H31N3O2S. The fraction of sp³-hybridized carbons (Fsp3) is 0.800. The molecule has 124 valence electrons. The molecule has 21 heavy (non-hydrogen) atoms. The van der Waals surface area contributed by atoms with Gasteiger partial charge in [-0.05, 0) is 26.8 Å². The second-order valence-electron chi connectivity index (χ2n) is 7.20. The maximum absolute atomic E-state index is 11.9. The first-order valence-corrected chi connectivity index (χ1v) is 8.68. The molecule has 1 heterocycles. The Morgan fingerprint density at radius 2 is 1.71 bits per heavy atom. The Bertz CT molecular complexity index is 548. The zero-order valence-corrected chi connectivity index (χ0v) is 14.5. The lowest BCUT2D eigenvalue weighted by atomic mass is 9.92. The first kappa shape index (κ1) is 20.1. The molecule has 0 radical (unpaired) electrons. The highest BCUT2D eigenvalue weighted by Crippen LogP contribution is 2.22. The van der Waals surface area contributed by atoms with Crippen molar-refractivity contribution in [2.75, 3.05) is 12.8 Å². The molecule has 0 saturated heterocycles. The number of hydrogen-bond donors (Lipinski definition) is 0. The molecule has 1 aromatic rings. The summed E-state index contributed by atoms with van der Waals surface area (Å²) in [6.45, 7) is 13.1. The van der Waals surface area contributed by atoms with Gasteiger partial charge in [-0.2, -0.15) is 9.40 Å². The molecule has 0 saturated carbocycles. The van der Waals surface area contributed by atoms with Crippen molar-refractivity contribution in [3.63, 3.8) is 0 Å². The Hall–Kier alpha value is -0.880. The van der Waals surface area contributed by atoms with Crippen molar-refractivity contribution in [3.8, 4) is 0 Å². The van der Waals surface area contributed by atoms with Crippen molar-refractivity contribution in [1.29, 1.82) is 0 Å². The quantitative estimate of drug-likeness (QED) is 0.858. The fourth-order valence-corrected chi connectivity index (χ4v) is 3.74. The van der Waals surface area contributed by atoms with Crippen LogP contribution in [0.5, 0.6) is 0 Å². The van der Waals surface area contributed by atoms with Gasteiger partial charge in [-0.1, -0.05) is 28.2 Å². The van der Waals surface area contributed by atoms with Gasteiger partial charge in [0.2, 0.25) is 10.0 Å². The van der Waals surface area contributed by atoms with E-state index in [2.05, 4.69) is 25.9 Å². The Balaban J connectivity index is 0.00000400. The normalized spacial score (nSPS) is 13.3. The molecule has 0 amide bonds. The van der Waals surface area contributed by atoms with Gasteiger partial charge in [0.25, 0.3) is 0 Å². The number of aromatic nitrogens is 2. The molecule has 0 unspecified atom stereocenters. The van der Waals surface area contributed by atoms with Gasteiger partial charge >= 0.3 is 0 Å². The maximum atomic E-state index is 11.9. The molecule has 0 bridgehead atoms. The van der Waals surface area contributed by atoms with Gasteiger partial charge in [0.15, 0.2) is 0 Å². The summed E-state index contributed by atoms with van der Waals surface area (Å²) in [5, 5.41) is 4.31. The van der Waals surface area contributed by atoms with Gasteiger partial charge in [0.1, 0.15) is 0 Å². The molecule has 0 aromatic carbocycles. The van der Waals surface area contributed by atoms with Gasteiger partial charge in [-0.3, -0.25) is 4.68 Å². The minimum absolute atomic E-state index is 0. The zero-order valence-electron chi connectivity index (χ0n) is 13.6. The van der Waals surface area contributed by atoms with E-state index >= 15 is 0 Å². The first-order valence-electron chi connectivity index (χ1n) is 6.83. The third kappa shape index (κ3) is 5.43. The molecule has 0 aliphatic rings. The van der Waals surface area contributed by atoms with Crippen LogP contribution in [0.25, 0.3) is 0 Å². The molecule has 0 spiro atoms. The van der Waals surface area contributed by atoms with Crippen molar-refractivity contribution in [1.82, 2.24) is 14.1 Å². The Morgan fingerprint density at radius 3 is 2.10 bits per heavy atom. The predicted octanol–water partition coefficient (Wildman–Crippen LogP) is 2.88. The second-order valence-corrected chi connectivity index (χ2v) is 9.10. The molecule has 0 aliphatic heterocycles. The molecule has 0 atom stereocenters. The molecule has 1 rings (SSSR count).